The van der Waals surface area contributed by atoms with Gasteiger partial charge in [0.15, 0.2) is 0 Å². The number of unbranched alkanes of at least 4 members (excludes halogenated alkanes) is 1. The van der Waals surface area contributed by atoms with E-state index >= 15 is 0 Å². The predicted octanol–water partition coefficient (Wildman–Crippen LogP) is 5.56. The summed E-state index contributed by atoms with van der Waals surface area (Å²) in [7, 11) is 0. The number of aromatic nitrogens is 2. The van der Waals surface area contributed by atoms with Crippen molar-refractivity contribution in [3.05, 3.63) is 71.7 Å². The van der Waals surface area contributed by atoms with Gasteiger partial charge in [0.2, 0.25) is 0 Å². The van der Waals surface area contributed by atoms with E-state index in [-0.39, 0.29) is 5.82 Å². The number of pyridine rings is 1. The Hall–Kier alpha value is -3.21. The van der Waals surface area contributed by atoms with Crippen LogP contribution < -0.4 is 0 Å². The van der Waals surface area contributed by atoms with Crippen molar-refractivity contribution in [2.75, 3.05) is 6.61 Å². The first-order chi connectivity index (χ1) is 13.6. The number of fused-ring (bicyclic) bond motifs is 3. The van der Waals surface area contributed by atoms with Crippen LogP contribution in [0.5, 0.6) is 0 Å². The van der Waals surface area contributed by atoms with Gasteiger partial charge in [0.1, 0.15) is 11.4 Å². The topological polar surface area (TPSA) is 43.6 Å². The van der Waals surface area contributed by atoms with Gasteiger partial charge in [-0.1, -0.05) is 43.7 Å². The van der Waals surface area contributed by atoms with E-state index in [9.17, 15) is 9.18 Å². The van der Waals surface area contributed by atoms with E-state index in [1.807, 2.05) is 43.3 Å². The molecular formula is C23H21FN2O2. The van der Waals surface area contributed by atoms with Crippen LogP contribution in [0, 0.1) is 12.7 Å². The Morgan fingerprint density at radius 1 is 1.14 bits per heavy atom. The maximum Gasteiger partial charge on any atom is 0.342 e. The summed E-state index contributed by atoms with van der Waals surface area (Å²) in [5, 5.41) is 6.12. The zero-order valence-corrected chi connectivity index (χ0v) is 15.9. The molecule has 0 radical (unpaired) electrons. The molecule has 0 bridgehead atoms. The van der Waals surface area contributed by atoms with Gasteiger partial charge in [0.25, 0.3) is 0 Å². The highest BCUT2D eigenvalue weighted by Crippen LogP contribution is 2.32. The smallest absolute Gasteiger partial charge is 0.342 e. The number of hydrogen-bond acceptors (Lipinski definition) is 3. The highest BCUT2D eigenvalue weighted by Gasteiger charge is 2.23. The maximum absolute atomic E-state index is 13.9. The molecule has 2 aromatic carbocycles. The van der Waals surface area contributed by atoms with Gasteiger partial charge >= 0.3 is 5.97 Å². The van der Waals surface area contributed by atoms with Crippen LogP contribution in [0.15, 0.2) is 54.6 Å². The number of nitrogens with zero attached hydrogens (tertiary/aromatic N) is 2. The fourth-order valence-electron chi connectivity index (χ4n) is 3.47. The fraction of sp³-hybridized carbons (Fsp3) is 0.217. The number of hydrogen-bond donors (Lipinski definition) is 0. The van der Waals surface area contributed by atoms with Crippen LogP contribution >= 0.6 is 0 Å². The normalized spacial score (nSPS) is 11.2. The van der Waals surface area contributed by atoms with Gasteiger partial charge in [-0.2, -0.15) is 5.10 Å². The number of aryl methyl sites for hydroxylation is 1. The lowest BCUT2D eigenvalue weighted by Crippen LogP contribution is -2.07. The third kappa shape index (κ3) is 3.13. The minimum Gasteiger partial charge on any atom is -0.462 e. The molecule has 0 amide bonds. The molecule has 5 heteroatoms. The number of rotatable bonds is 5. The molecule has 0 spiro atoms. The van der Waals surface area contributed by atoms with E-state index < -0.39 is 5.97 Å². The quantitative estimate of drug-likeness (QED) is 0.338. The minimum absolute atomic E-state index is 0.320. The number of esters is 1. The second-order valence-corrected chi connectivity index (χ2v) is 6.84. The summed E-state index contributed by atoms with van der Waals surface area (Å²) in [5.74, 6) is -0.712. The lowest BCUT2D eigenvalue weighted by molar-refractivity contribution is 0.0501. The third-order valence-corrected chi connectivity index (χ3v) is 4.85. The van der Waals surface area contributed by atoms with Gasteiger partial charge in [-0.3, -0.25) is 0 Å². The molecule has 0 aliphatic heterocycles. The Morgan fingerprint density at radius 3 is 2.68 bits per heavy atom. The number of halogens is 1. The van der Waals surface area contributed by atoms with Crippen LogP contribution in [0.3, 0.4) is 0 Å². The maximum atomic E-state index is 13.9. The molecule has 4 rings (SSSR count). The molecule has 0 fully saturated rings. The number of benzene rings is 2. The van der Waals surface area contributed by atoms with Crippen molar-refractivity contribution in [1.29, 1.82) is 0 Å². The standard InChI is InChI=1S/C23H21FN2O2/c1-3-4-12-28-23(27)21-15(2)25-26-20(16-8-6-5-7-9-16)14-17-13-18(24)10-11-19(17)22(21)26/h5-11,13-14H,3-4,12H2,1-2H3. The van der Waals surface area contributed by atoms with Gasteiger partial charge in [0.05, 0.1) is 23.5 Å². The van der Waals surface area contributed by atoms with Crippen molar-refractivity contribution in [3.63, 3.8) is 0 Å². The van der Waals surface area contributed by atoms with Crippen LogP contribution in [0.1, 0.15) is 35.8 Å². The van der Waals surface area contributed by atoms with Crippen LogP contribution in [-0.4, -0.2) is 22.2 Å². The molecular weight excluding hydrogens is 355 g/mol. The highest BCUT2D eigenvalue weighted by molar-refractivity contribution is 6.09. The summed E-state index contributed by atoms with van der Waals surface area (Å²) in [4.78, 5) is 12.8. The van der Waals surface area contributed by atoms with E-state index in [2.05, 4.69) is 5.10 Å². The molecule has 4 aromatic rings. The predicted molar refractivity (Wildman–Crippen MR) is 108 cm³/mol. The van der Waals surface area contributed by atoms with E-state index in [4.69, 9.17) is 4.74 Å². The van der Waals surface area contributed by atoms with Gasteiger partial charge in [-0.15, -0.1) is 0 Å². The fourth-order valence-corrected chi connectivity index (χ4v) is 3.47. The van der Waals surface area contributed by atoms with E-state index in [1.54, 1.807) is 17.5 Å². The molecule has 2 heterocycles. The van der Waals surface area contributed by atoms with Crippen LogP contribution in [0.4, 0.5) is 4.39 Å². The molecule has 4 nitrogen and oxygen atoms in total. The van der Waals surface area contributed by atoms with Crippen molar-refractivity contribution in [1.82, 2.24) is 9.61 Å². The van der Waals surface area contributed by atoms with Gasteiger partial charge in [-0.25, -0.2) is 13.7 Å². The molecule has 0 saturated carbocycles. The average Bonchev–Trinajstić information content (AvgIpc) is 3.05. The lowest BCUT2D eigenvalue weighted by atomic mass is 10.0. The van der Waals surface area contributed by atoms with Crippen LogP contribution in [-0.2, 0) is 4.74 Å². The summed E-state index contributed by atoms with van der Waals surface area (Å²) in [6, 6.07) is 16.2. The van der Waals surface area contributed by atoms with Crippen LogP contribution in [0.25, 0.3) is 27.5 Å². The molecule has 0 aliphatic rings. The van der Waals surface area contributed by atoms with Crippen molar-refractivity contribution >= 4 is 22.3 Å². The molecule has 28 heavy (non-hydrogen) atoms. The van der Waals surface area contributed by atoms with Crippen molar-refractivity contribution in [2.24, 2.45) is 0 Å². The Labute approximate surface area is 162 Å². The first-order valence-electron chi connectivity index (χ1n) is 9.44. The number of ether oxygens (including phenoxy) is 1. The summed E-state index contributed by atoms with van der Waals surface area (Å²) in [6.07, 6.45) is 1.76. The number of carbonyl (C=O) groups is 1. The average molecular weight is 376 g/mol. The van der Waals surface area contributed by atoms with Crippen molar-refractivity contribution in [3.8, 4) is 11.3 Å². The Kier molecular flexibility index (Phi) is 4.82. The number of carbonyl (C=O) groups excluding carboxylic acids is 1. The zero-order valence-electron chi connectivity index (χ0n) is 15.9. The SMILES string of the molecule is CCCCOC(=O)c1c(C)nn2c(-c3ccccc3)cc3cc(F)ccc3c12. The Morgan fingerprint density at radius 2 is 1.93 bits per heavy atom. The van der Waals surface area contributed by atoms with E-state index in [0.29, 0.717) is 28.8 Å². The Balaban J connectivity index is 2.01. The minimum atomic E-state index is -0.392. The van der Waals surface area contributed by atoms with Crippen LogP contribution in [0.2, 0.25) is 0 Å². The molecule has 0 N–H and O–H groups in total. The van der Waals surface area contributed by atoms with E-state index in [1.165, 1.54) is 12.1 Å². The Bertz CT molecular complexity index is 1170. The van der Waals surface area contributed by atoms with E-state index in [0.717, 1.165) is 29.5 Å². The van der Waals surface area contributed by atoms with Gasteiger partial charge in [0, 0.05) is 10.9 Å². The highest BCUT2D eigenvalue weighted by atomic mass is 19.1. The summed E-state index contributed by atoms with van der Waals surface area (Å²) in [6.45, 7) is 4.22. The molecule has 0 atom stereocenters. The van der Waals surface area contributed by atoms with Gasteiger partial charge in [-0.05, 0) is 43.0 Å². The largest absolute Gasteiger partial charge is 0.462 e. The van der Waals surface area contributed by atoms with Crippen molar-refractivity contribution in [2.45, 2.75) is 26.7 Å². The molecule has 0 saturated heterocycles. The third-order valence-electron chi connectivity index (χ3n) is 4.85. The summed E-state index contributed by atoms with van der Waals surface area (Å²) in [5.41, 5.74) is 3.41. The summed E-state index contributed by atoms with van der Waals surface area (Å²) < 4.78 is 21.2. The monoisotopic (exact) mass is 376 g/mol. The second kappa shape index (κ2) is 7.43. The first kappa shape index (κ1) is 18.2. The van der Waals surface area contributed by atoms with Gasteiger partial charge < -0.3 is 4.74 Å². The molecule has 0 unspecified atom stereocenters. The molecule has 0 aliphatic carbocycles. The second-order valence-electron chi connectivity index (χ2n) is 6.84. The van der Waals surface area contributed by atoms with Crippen molar-refractivity contribution < 1.29 is 13.9 Å². The first-order valence-corrected chi connectivity index (χ1v) is 9.44. The molecule has 2 aromatic heterocycles. The summed E-state index contributed by atoms with van der Waals surface area (Å²) >= 11 is 0. The zero-order chi connectivity index (χ0) is 19.7. The lowest BCUT2D eigenvalue weighted by Gasteiger charge is -2.10. The molecule has 142 valence electrons.